The average molecular weight is 257 g/mol. The Morgan fingerprint density at radius 3 is 2.21 bits per heavy atom. The fraction of sp³-hybridized carbons (Fsp3) is 0.750. The highest BCUT2D eigenvalue weighted by molar-refractivity contribution is 5.25. The number of nitrogens with two attached hydrogens (primary N) is 1. The molecular formula is C16H23N3. The van der Waals surface area contributed by atoms with Crippen molar-refractivity contribution in [3.63, 3.8) is 0 Å². The summed E-state index contributed by atoms with van der Waals surface area (Å²) in [5.41, 5.74) is 8.47. The molecule has 0 unspecified atom stereocenters. The summed E-state index contributed by atoms with van der Waals surface area (Å²) >= 11 is 0. The zero-order chi connectivity index (χ0) is 13.0. The van der Waals surface area contributed by atoms with Crippen molar-refractivity contribution >= 4 is 0 Å². The normalized spacial score (nSPS) is 39.8. The van der Waals surface area contributed by atoms with Gasteiger partial charge in [-0.25, -0.2) is 9.97 Å². The van der Waals surface area contributed by atoms with E-state index in [1.54, 1.807) is 0 Å². The molecule has 5 rings (SSSR count). The molecule has 4 aliphatic carbocycles. The molecule has 0 aliphatic heterocycles. The van der Waals surface area contributed by atoms with Gasteiger partial charge in [-0.05, 0) is 69.3 Å². The molecule has 102 valence electrons. The Hall–Kier alpha value is -0.960. The highest BCUT2D eigenvalue weighted by Gasteiger charge is 2.52. The molecule has 1 aromatic heterocycles. The SMILES string of the molecule is Cc1nc(CN)cc(C23CC4CC(CC(C4)C2)C3)n1. The van der Waals surface area contributed by atoms with Gasteiger partial charge in [0, 0.05) is 12.0 Å². The first-order valence-corrected chi connectivity index (χ1v) is 7.72. The fourth-order valence-corrected chi connectivity index (χ4v) is 5.43. The second kappa shape index (κ2) is 4.02. The molecule has 4 bridgehead atoms. The van der Waals surface area contributed by atoms with Crippen LogP contribution in [0.25, 0.3) is 0 Å². The van der Waals surface area contributed by atoms with Crippen LogP contribution in [0.5, 0.6) is 0 Å². The molecular weight excluding hydrogens is 234 g/mol. The first-order valence-electron chi connectivity index (χ1n) is 7.72. The number of hydrogen-bond acceptors (Lipinski definition) is 3. The van der Waals surface area contributed by atoms with Gasteiger partial charge in [0.05, 0.1) is 11.4 Å². The number of aromatic nitrogens is 2. The maximum atomic E-state index is 5.79. The molecule has 19 heavy (non-hydrogen) atoms. The topological polar surface area (TPSA) is 51.8 Å². The van der Waals surface area contributed by atoms with Crippen LogP contribution in [0.1, 0.15) is 55.7 Å². The van der Waals surface area contributed by atoms with E-state index in [1.165, 1.54) is 44.2 Å². The third-order valence-corrected chi connectivity index (χ3v) is 5.68. The van der Waals surface area contributed by atoms with Crippen LogP contribution in [-0.2, 0) is 12.0 Å². The van der Waals surface area contributed by atoms with Crippen LogP contribution in [0.3, 0.4) is 0 Å². The van der Waals surface area contributed by atoms with Crippen LogP contribution in [0, 0.1) is 24.7 Å². The maximum absolute atomic E-state index is 5.79. The molecule has 0 atom stereocenters. The van der Waals surface area contributed by atoms with Crippen molar-refractivity contribution in [2.24, 2.45) is 23.5 Å². The first-order chi connectivity index (χ1) is 9.17. The molecule has 2 N–H and O–H groups in total. The van der Waals surface area contributed by atoms with E-state index < -0.39 is 0 Å². The summed E-state index contributed by atoms with van der Waals surface area (Å²) in [7, 11) is 0. The summed E-state index contributed by atoms with van der Waals surface area (Å²) in [5, 5.41) is 0. The van der Waals surface area contributed by atoms with Crippen LogP contribution in [0.4, 0.5) is 0 Å². The number of nitrogens with zero attached hydrogens (tertiary/aromatic N) is 2. The molecule has 3 heteroatoms. The third-order valence-electron chi connectivity index (χ3n) is 5.68. The van der Waals surface area contributed by atoms with E-state index in [1.807, 2.05) is 6.92 Å². The van der Waals surface area contributed by atoms with Gasteiger partial charge in [-0.1, -0.05) is 0 Å². The van der Waals surface area contributed by atoms with Gasteiger partial charge in [-0.3, -0.25) is 0 Å². The number of hydrogen-bond donors (Lipinski definition) is 1. The van der Waals surface area contributed by atoms with E-state index in [0.717, 1.165) is 29.3 Å². The van der Waals surface area contributed by atoms with E-state index >= 15 is 0 Å². The van der Waals surface area contributed by atoms with Crippen LogP contribution in [0.15, 0.2) is 6.07 Å². The molecule has 4 saturated carbocycles. The van der Waals surface area contributed by atoms with E-state index in [-0.39, 0.29) is 0 Å². The maximum Gasteiger partial charge on any atom is 0.125 e. The predicted molar refractivity (Wildman–Crippen MR) is 74.5 cm³/mol. The van der Waals surface area contributed by atoms with E-state index in [4.69, 9.17) is 10.7 Å². The minimum atomic E-state index is 0.367. The molecule has 3 nitrogen and oxygen atoms in total. The number of aryl methyl sites for hydroxylation is 1. The molecule has 4 aliphatic rings. The van der Waals surface area contributed by atoms with Gasteiger partial charge in [0.15, 0.2) is 0 Å². The predicted octanol–water partition coefficient (Wildman–Crippen LogP) is 2.71. The lowest BCUT2D eigenvalue weighted by molar-refractivity contribution is -0.00737. The Kier molecular flexibility index (Phi) is 2.50. The molecule has 1 heterocycles. The highest BCUT2D eigenvalue weighted by Crippen LogP contribution is 2.60. The van der Waals surface area contributed by atoms with Crippen LogP contribution < -0.4 is 5.73 Å². The van der Waals surface area contributed by atoms with Crippen molar-refractivity contribution in [3.05, 3.63) is 23.3 Å². The van der Waals surface area contributed by atoms with Crippen LogP contribution in [-0.4, -0.2) is 9.97 Å². The molecule has 0 aromatic carbocycles. The molecule has 0 radical (unpaired) electrons. The van der Waals surface area contributed by atoms with Gasteiger partial charge in [-0.2, -0.15) is 0 Å². The minimum absolute atomic E-state index is 0.367. The van der Waals surface area contributed by atoms with E-state index in [0.29, 0.717) is 12.0 Å². The molecule has 4 fully saturated rings. The highest BCUT2D eigenvalue weighted by atomic mass is 14.9. The Labute approximate surface area is 115 Å². The summed E-state index contributed by atoms with van der Waals surface area (Å²) in [6.07, 6.45) is 8.52. The zero-order valence-corrected chi connectivity index (χ0v) is 11.7. The molecule has 0 spiro atoms. The lowest BCUT2D eigenvalue weighted by Gasteiger charge is -2.56. The van der Waals surface area contributed by atoms with Crippen LogP contribution >= 0.6 is 0 Å². The Balaban J connectivity index is 1.77. The zero-order valence-electron chi connectivity index (χ0n) is 11.7. The molecule has 1 aromatic rings. The summed E-state index contributed by atoms with van der Waals surface area (Å²) < 4.78 is 0. The second-order valence-electron chi connectivity index (χ2n) is 7.19. The number of rotatable bonds is 2. The standard InChI is InChI=1S/C16H23N3/c1-10-18-14(9-17)5-15(19-10)16-6-11-2-12(7-16)4-13(3-11)8-16/h5,11-13H,2-4,6-9,17H2,1H3. The van der Waals surface area contributed by atoms with E-state index in [9.17, 15) is 0 Å². The van der Waals surface area contributed by atoms with Gasteiger partial charge in [0.25, 0.3) is 0 Å². The quantitative estimate of drug-likeness (QED) is 0.886. The Morgan fingerprint density at radius 2 is 1.68 bits per heavy atom. The lowest BCUT2D eigenvalue weighted by Crippen LogP contribution is -2.49. The van der Waals surface area contributed by atoms with E-state index in [2.05, 4.69) is 11.1 Å². The summed E-state index contributed by atoms with van der Waals surface area (Å²) in [5.74, 6) is 3.78. The van der Waals surface area contributed by atoms with Crippen molar-refractivity contribution in [3.8, 4) is 0 Å². The fourth-order valence-electron chi connectivity index (χ4n) is 5.43. The molecule has 0 amide bonds. The Bertz CT molecular complexity index is 473. The van der Waals surface area contributed by atoms with Crippen LogP contribution in [0.2, 0.25) is 0 Å². The average Bonchev–Trinajstić information content (AvgIpc) is 2.36. The van der Waals surface area contributed by atoms with Gasteiger partial charge in [-0.15, -0.1) is 0 Å². The summed E-state index contributed by atoms with van der Waals surface area (Å²) in [6, 6.07) is 2.19. The third kappa shape index (κ3) is 1.82. The first kappa shape index (κ1) is 11.8. The van der Waals surface area contributed by atoms with Crippen molar-refractivity contribution < 1.29 is 0 Å². The van der Waals surface area contributed by atoms with Gasteiger partial charge in [0.1, 0.15) is 5.82 Å². The summed E-state index contributed by atoms with van der Waals surface area (Å²) in [6.45, 7) is 2.53. The Morgan fingerprint density at radius 1 is 1.11 bits per heavy atom. The van der Waals surface area contributed by atoms with Crippen molar-refractivity contribution in [1.82, 2.24) is 9.97 Å². The van der Waals surface area contributed by atoms with Crippen molar-refractivity contribution in [1.29, 1.82) is 0 Å². The summed E-state index contributed by atoms with van der Waals surface area (Å²) in [4.78, 5) is 9.25. The van der Waals surface area contributed by atoms with Crippen molar-refractivity contribution in [2.75, 3.05) is 0 Å². The monoisotopic (exact) mass is 257 g/mol. The minimum Gasteiger partial charge on any atom is -0.325 e. The largest absolute Gasteiger partial charge is 0.325 e. The lowest BCUT2D eigenvalue weighted by atomic mass is 9.49. The smallest absolute Gasteiger partial charge is 0.125 e. The molecule has 0 saturated heterocycles. The van der Waals surface area contributed by atoms with Gasteiger partial charge >= 0.3 is 0 Å². The van der Waals surface area contributed by atoms with Gasteiger partial charge in [0.2, 0.25) is 0 Å². The second-order valence-corrected chi connectivity index (χ2v) is 7.19. The van der Waals surface area contributed by atoms with Gasteiger partial charge < -0.3 is 5.73 Å². The van der Waals surface area contributed by atoms with Crippen molar-refractivity contribution in [2.45, 2.75) is 57.4 Å².